The number of aromatic nitrogens is 2. The van der Waals surface area contributed by atoms with Gasteiger partial charge in [0.15, 0.2) is 5.82 Å². The van der Waals surface area contributed by atoms with E-state index in [0.29, 0.717) is 35.2 Å². The lowest BCUT2D eigenvalue weighted by atomic mass is 10.1. The highest BCUT2D eigenvalue weighted by atomic mass is 35.5. The lowest BCUT2D eigenvalue weighted by Crippen LogP contribution is -2.28. The van der Waals surface area contributed by atoms with Gasteiger partial charge in [-0.3, -0.25) is 4.31 Å². The van der Waals surface area contributed by atoms with E-state index in [2.05, 4.69) is 15.3 Å². The Labute approximate surface area is 138 Å². The van der Waals surface area contributed by atoms with Crippen LogP contribution in [0.1, 0.15) is 5.56 Å². The molecule has 1 N–H and O–H groups in total. The summed E-state index contributed by atoms with van der Waals surface area (Å²) in [7, 11) is -3.35. The van der Waals surface area contributed by atoms with Crippen molar-refractivity contribution in [2.45, 2.75) is 6.42 Å². The van der Waals surface area contributed by atoms with Gasteiger partial charge in [-0.15, -0.1) is 0 Å². The van der Waals surface area contributed by atoms with Crippen molar-refractivity contribution in [1.29, 1.82) is 0 Å². The Kier molecular flexibility index (Phi) is 3.88. The van der Waals surface area contributed by atoms with Gasteiger partial charge in [0.05, 0.1) is 23.8 Å². The minimum absolute atomic E-state index is 0.0550. The molecule has 2 aromatic rings. The van der Waals surface area contributed by atoms with Crippen LogP contribution in [-0.2, 0) is 16.4 Å². The van der Waals surface area contributed by atoms with Crippen molar-refractivity contribution in [3.05, 3.63) is 40.3 Å². The molecular formula is C13H12Cl2N4O2S. The maximum Gasteiger partial charge on any atom is 0.232 e. The van der Waals surface area contributed by atoms with Gasteiger partial charge in [0.25, 0.3) is 0 Å². The summed E-state index contributed by atoms with van der Waals surface area (Å²) in [6, 6.07) is 5.53. The second-order valence-corrected chi connectivity index (χ2v) is 7.51. The third kappa shape index (κ3) is 2.84. The topological polar surface area (TPSA) is 75.2 Å². The van der Waals surface area contributed by atoms with Gasteiger partial charge in [-0.05, 0) is 29.7 Å². The standard InChI is InChI=1S/C13H12Cl2N4O2S/c1-22(20,21)19-6-5-8-3-2-4-10(11(8)19)17-12-9(14)7-16-13(15)18-12/h2-4,7H,5-6H2,1H3,(H,16,17,18). The van der Waals surface area contributed by atoms with Crippen LogP contribution in [0.15, 0.2) is 24.4 Å². The average Bonchev–Trinajstić information content (AvgIpc) is 2.88. The largest absolute Gasteiger partial charge is 0.337 e. The van der Waals surface area contributed by atoms with Gasteiger partial charge in [-0.1, -0.05) is 23.7 Å². The monoisotopic (exact) mass is 358 g/mol. The molecular weight excluding hydrogens is 347 g/mol. The molecule has 2 heterocycles. The number of nitrogens with zero attached hydrogens (tertiary/aromatic N) is 3. The first kappa shape index (κ1) is 15.3. The van der Waals surface area contributed by atoms with Crippen LogP contribution in [-0.4, -0.2) is 31.2 Å². The van der Waals surface area contributed by atoms with E-state index in [4.69, 9.17) is 23.2 Å². The highest BCUT2D eigenvalue weighted by Crippen LogP contribution is 2.39. The Balaban J connectivity index is 2.07. The molecule has 1 aromatic carbocycles. The Morgan fingerprint density at radius 1 is 1.32 bits per heavy atom. The molecule has 1 aliphatic rings. The average molecular weight is 359 g/mol. The van der Waals surface area contributed by atoms with Crippen LogP contribution in [0.5, 0.6) is 0 Å². The van der Waals surface area contributed by atoms with E-state index in [1.54, 1.807) is 6.07 Å². The zero-order valence-electron chi connectivity index (χ0n) is 11.5. The number of halogens is 2. The summed E-state index contributed by atoms with van der Waals surface area (Å²) in [5.41, 5.74) is 2.18. The number of hydrogen-bond acceptors (Lipinski definition) is 5. The van der Waals surface area contributed by atoms with Crippen molar-refractivity contribution >= 4 is 50.4 Å². The number of benzene rings is 1. The fraction of sp³-hybridized carbons (Fsp3) is 0.231. The summed E-state index contributed by atoms with van der Waals surface area (Å²) in [5.74, 6) is 0.329. The number of anilines is 3. The number of rotatable bonds is 3. The van der Waals surface area contributed by atoms with E-state index < -0.39 is 10.0 Å². The Bertz CT molecular complexity index is 842. The Hall–Kier alpha value is -1.57. The van der Waals surface area contributed by atoms with Gasteiger partial charge in [-0.25, -0.2) is 13.4 Å². The van der Waals surface area contributed by atoms with Gasteiger partial charge in [-0.2, -0.15) is 4.98 Å². The van der Waals surface area contributed by atoms with Gasteiger partial charge >= 0.3 is 0 Å². The van der Waals surface area contributed by atoms with Crippen molar-refractivity contribution < 1.29 is 8.42 Å². The second-order valence-electron chi connectivity index (χ2n) is 4.86. The second kappa shape index (κ2) is 5.57. The van der Waals surface area contributed by atoms with Crippen LogP contribution in [0, 0.1) is 0 Å². The minimum atomic E-state index is -3.35. The summed E-state index contributed by atoms with van der Waals surface area (Å²) in [6.07, 6.45) is 3.24. The van der Waals surface area contributed by atoms with Crippen LogP contribution >= 0.6 is 23.2 Å². The fourth-order valence-corrected chi connectivity index (χ4v) is 3.66. The van der Waals surface area contributed by atoms with E-state index in [-0.39, 0.29) is 5.28 Å². The van der Waals surface area contributed by atoms with E-state index in [1.165, 1.54) is 16.8 Å². The lowest BCUT2D eigenvalue weighted by Gasteiger charge is -2.20. The van der Waals surface area contributed by atoms with E-state index >= 15 is 0 Å². The first-order valence-electron chi connectivity index (χ1n) is 6.41. The van der Waals surface area contributed by atoms with Crippen LogP contribution in [0.2, 0.25) is 10.3 Å². The summed E-state index contributed by atoms with van der Waals surface area (Å²) in [5, 5.41) is 3.39. The summed E-state index contributed by atoms with van der Waals surface area (Å²) < 4.78 is 25.3. The SMILES string of the molecule is CS(=O)(=O)N1CCc2cccc(Nc3nc(Cl)ncc3Cl)c21. The predicted octanol–water partition coefficient (Wildman–Crippen LogP) is 2.85. The maximum atomic E-state index is 11.9. The molecule has 1 aromatic heterocycles. The third-order valence-corrected chi connectivity index (χ3v) is 4.95. The van der Waals surface area contributed by atoms with Crippen LogP contribution in [0.4, 0.5) is 17.2 Å². The molecule has 0 radical (unpaired) electrons. The number of para-hydroxylation sites is 1. The molecule has 0 bridgehead atoms. The smallest absolute Gasteiger partial charge is 0.232 e. The molecule has 0 saturated heterocycles. The van der Waals surface area contributed by atoms with Crippen molar-refractivity contribution in [3.63, 3.8) is 0 Å². The van der Waals surface area contributed by atoms with Crippen molar-refractivity contribution in [1.82, 2.24) is 9.97 Å². The summed E-state index contributed by atoms with van der Waals surface area (Å²) in [6.45, 7) is 0.422. The predicted molar refractivity (Wildman–Crippen MR) is 87.7 cm³/mol. The molecule has 1 aliphatic heterocycles. The minimum Gasteiger partial charge on any atom is -0.337 e. The van der Waals surface area contributed by atoms with Gasteiger partial charge in [0.1, 0.15) is 5.02 Å². The van der Waals surface area contributed by atoms with Crippen LogP contribution in [0.25, 0.3) is 0 Å². The lowest BCUT2D eigenvalue weighted by molar-refractivity contribution is 0.598. The number of nitrogens with one attached hydrogen (secondary N) is 1. The van der Waals surface area contributed by atoms with E-state index in [9.17, 15) is 8.42 Å². The summed E-state index contributed by atoms with van der Waals surface area (Å²) in [4.78, 5) is 7.81. The molecule has 0 atom stereocenters. The molecule has 0 aliphatic carbocycles. The highest BCUT2D eigenvalue weighted by molar-refractivity contribution is 7.92. The van der Waals surface area contributed by atoms with Gasteiger partial charge in [0.2, 0.25) is 15.3 Å². The molecule has 0 spiro atoms. The van der Waals surface area contributed by atoms with Gasteiger partial charge in [0, 0.05) is 6.54 Å². The molecule has 22 heavy (non-hydrogen) atoms. The molecule has 0 unspecified atom stereocenters. The van der Waals surface area contributed by atoms with Gasteiger partial charge < -0.3 is 5.32 Å². The molecule has 6 nitrogen and oxygen atoms in total. The molecule has 0 fully saturated rings. The first-order valence-corrected chi connectivity index (χ1v) is 9.01. The Morgan fingerprint density at radius 3 is 2.82 bits per heavy atom. The van der Waals surface area contributed by atoms with Crippen molar-refractivity contribution in [3.8, 4) is 0 Å². The fourth-order valence-electron chi connectivity index (χ4n) is 2.41. The zero-order valence-corrected chi connectivity index (χ0v) is 13.9. The zero-order chi connectivity index (χ0) is 15.9. The number of sulfonamides is 1. The molecule has 3 rings (SSSR count). The molecule has 0 amide bonds. The quantitative estimate of drug-likeness (QED) is 0.853. The third-order valence-electron chi connectivity index (χ3n) is 3.32. The highest BCUT2D eigenvalue weighted by Gasteiger charge is 2.29. The molecule has 9 heteroatoms. The van der Waals surface area contributed by atoms with Crippen molar-refractivity contribution in [2.75, 3.05) is 22.4 Å². The molecule has 0 saturated carbocycles. The first-order chi connectivity index (χ1) is 10.4. The van der Waals surface area contributed by atoms with E-state index in [1.807, 2.05) is 12.1 Å². The number of hydrogen-bond donors (Lipinski definition) is 1. The molecule has 116 valence electrons. The maximum absolute atomic E-state index is 11.9. The Morgan fingerprint density at radius 2 is 2.09 bits per heavy atom. The normalized spacial score (nSPS) is 14.0. The van der Waals surface area contributed by atoms with Crippen molar-refractivity contribution in [2.24, 2.45) is 0 Å². The number of fused-ring (bicyclic) bond motifs is 1. The van der Waals surface area contributed by atoms with Crippen LogP contribution < -0.4 is 9.62 Å². The van der Waals surface area contributed by atoms with Crippen LogP contribution in [0.3, 0.4) is 0 Å². The van der Waals surface area contributed by atoms with E-state index in [0.717, 1.165) is 5.56 Å². The summed E-state index contributed by atoms with van der Waals surface area (Å²) >= 11 is 11.8.